The normalized spacial score (nSPS) is 23.4. The van der Waals surface area contributed by atoms with E-state index < -0.39 is 5.54 Å². The number of urea groups is 1. The number of thiophene rings is 1. The average molecular weight is 414 g/mol. The van der Waals surface area contributed by atoms with Crippen LogP contribution < -0.4 is 10.1 Å². The Morgan fingerprint density at radius 1 is 1.17 bits per heavy atom. The van der Waals surface area contributed by atoms with E-state index in [4.69, 9.17) is 4.74 Å². The minimum Gasteiger partial charge on any atom is -0.497 e. The van der Waals surface area contributed by atoms with Crippen LogP contribution >= 0.6 is 11.3 Å². The summed E-state index contributed by atoms with van der Waals surface area (Å²) in [5.41, 5.74) is 1.41. The van der Waals surface area contributed by atoms with Gasteiger partial charge in [0.05, 0.1) is 13.7 Å². The molecule has 2 fully saturated rings. The fraction of sp³-hybridized carbons (Fsp3) is 0.455. The van der Waals surface area contributed by atoms with E-state index in [-0.39, 0.29) is 17.9 Å². The number of imide groups is 1. The number of rotatable bonds is 6. The summed E-state index contributed by atoms with van der Waals surface area (Å²) in [6.45, 7) is 4.92. The van der Waals surface area contributed by atoms with Gasteiger partial charge in [-0.05, 0) is 78.9 Å². The predicted molar refractivity (Wildman–Crippen MR) is 113 cm³/mol. The summed E-state index contributed by atoms with van der Waals surface area (Å²) in [6, 6.07) is 9.82. The molecule has 7 heteroatoms. The van der Waals surface area contributed by atoms with Crippen LogP contribution in [-0.2, 0) is 17.9 Å². The second kappa shape index (κ2) is 8.16. The monoisotopic (exact) mass is 413 g/mol. The highest BCUT2D eigenvalue weighted by Gasteiger charge is 2.52. The highest BCUT2D eigenvalue weighted by atomic mass is 32.1. The van der Waals surface area contributed by atoms with Gasteiger partial charge >= 0.3 is 6.03 Å². The van der Waals surface area contributed by atoms with Crippen molar-refractivity contribution in [2.75, 3.05) is 20.2 Å². The minimum absolute atomic E-state index is 0.0973. The molecule has 1 atom stereocenters. The summed E-state index contributed by atoms with van der Waals surface area (Å²) in [5, 5.41) is 6.94. The molecule has 1 aromatic heterocycles. The number of hydrogen-bond acceptors (Lipinski definition) is 5. The summed E-state index contributed by atoms with van der Waals surface area (Å²) in [5.74, 6) is 0.919. The van der Waals surface area contributed by atoms with Crippen LogP contribution in [0.4, 0.5) is 4.79 Å². The van der Waals surface area contributed by atoms with Gasteiger partial charge in [0.15, 0.2) is 0 Å². The zero-order valence-electron chi connectivity index (χ0n) is 16.9. The molecule has 0 saturated carbocycles. The van der Waals surface area contributed by atoms with E-state index in [1.165, 1.54) is 10.5 Å². The lowest BCUT2D eigenvalue weighted by molar-refractivity contribution is -0.133. The van der Waals surface area contributed by atoms with Crippen LogP contribution in [0.15, 0.2) is 41.1 Å². The number of benzene rings is 1. The Morgan fingerprint density at radius 2 is 1.97 bits per heavy atom. The molecular formula is C22H27N3O3S. The maximum absolute atomic E-state index is 13.1. The van der Waals surface area contributed by atoms with Crippen molar-refractivity contribution in [3.05, 3.63) is 52.2 Å². The number of piperidine rings is 1. The quantitative estimate of drug-likeness (QED) is 0.737. The Balaban J connectivity index is 1.37. The van der Waals surface area contributed by atoms with Crippen LogP contribution in [0, 0.1) is 5.92 Å². The standard InChI is InChI=1S/C22H27N3O3S/c1-22(20(26)25(21(27)23-22)14-17-8-11-29-15-17)18-6-9-24(10-7-18)13-16-4-3-5-19(12-16)28-2/h3-5,8,11-12,15,18H,6-7,9-10,13-14H2,1-2H3,(H,23,27)/t22-/m1/s1. The Kier molecular flexibility index (Phi) is 5.61. The molecule has 0 aliphatic carbocycles. The van der Waals surface area contributed by atoms with Gasteiger partial charge < -0.3 is 10.1 Å². The Bertz CT molecular complexity index is 877. The zero-order chi connectivity index (χ0) is 20.4. The van der Waals surface area contributed by atoms with E-state index in [9.17, 15) is 9.59 Å². The van der Waals surface area contributed by atoms with Crippen LogP contribution in [0.5, 0.6) is 5.75 Å². The van der Waals surface area contributed by atoms with E-state index in [0.29, 0.717) is 6.54 Å². The van der Waals surface area contributed by atoms with Crippen LogP contribution in [0.3, 0.4) is 0 Å². The third kappa shape index (κ3) is 4.02. The first-order valence-corrected chi connectivity index (χ1v) is 10.9. The van der Waals surface area contributed by atoms with Crippen molar-refractivity contribution in [2.24, 2.45) is 5.92 Å². The van der Waals surface area contributed by atoms with Gasteiger partial charge in [0.25, 0.3) is 5.91 Å². The molecule has 2 saturated heterocycles. The number of methoxy groups -OCH3 is 1. The highest BCUT2D eigenvalue weighted by Crippen LogP contribution is 2.34. The Morgan fingerprint density at radius 3 is 2.66 bits per heavy atom. The number of carbonyl (C=O) groups excluding carboxylic acids is 2. The lowest BCUT2D eigenvalue weighted by Gasteiger charge is -2.39. The number of hydrogen-bond donors (Lipinski definition) is 1. The smallest absolute Gasteiger partial charge is 0.325 e. The third-order valence-electron chi connectivity index (χ3n) is 6.17. The maximum atomic E-state index is 13.1. The molecule has 4 rings (SSSR count). The zero-order valence-corrected chi connectivity index (χ0v) is 17.7. The van der Waals surface area contributed by atoms with Gasteiger partial charge in [-0.3, -0.25) is 14.6 Å². The molecule has 29 heavy (non-hydrogen) atoms. The predicted octanol–water partition coefficient (Wildman–Crippen LogP) is 3.48. The van der Waals surface area contributed by atoms with Gasteiger partial charge in [0, 0.05) is 6.54 Å². The summed E-state index contributed by atoms with van der Waals surface area (Å²) in [7, 11) is 1.68. The van der Waals surface area contributed by atoms with Crippen LogP contribution in [-0.4, -0.2) is 47.5 Å². The fourth-order valence-electron chi connectivity index (χ4n) is 4.40. The lowest BCUT2D eigenvalue weighted by Crippen LogP contribution is -2.53. The van der Waals surface area contributed by atoms with Crippen molar-refractivity contribution >= 4 is 23.3 Å². The van der Waals surface area contributed by atoms with Crippen molar-refractivity contribution in [2.45, 2.75) is 38.4 Å². The number of amides is 3. The van der Waals surface area contributed by atoms with Crippen LogP contribution in [0.1, 0.15) is 30.9 Å². The molecule has 3 heterocycles. The molecule has 154 valence electrons. The number of likely N-dealkylation sites (tertiary alicyclic amines) is 1. The van der Waals surface area contributed by atoms with E-state index in [0.717, 1.165) is 43.8 Å². The van der Waals surface area contributed by atoms with Crippen molar-refractivity contribution in [3.63, 3.8) is 0 Å². The van der Waals surface area contributed by atoms with Crippen molar-refractivity contribution in [1.29, 1.82) is 0 Å². The molecule has 0 radical (unpaired) electrons. The largest absolute Gasteiger partial charge is 0.497 e. The first kappa shape index (κ1) is 19.9. The number of nitrogens with zero attached hydrogens (tertiary/aromatic N) is 2. The summed E-state index contributed by atoms with van der Waals surface area (Å²) >= 11 is 1.57. The molecule has 1 N–H and O–H groups in total. The molecule has 2 aliphatic heterocycles. The fourth-order valence-corrected chi connectivity index (χ4v) is 5.06. The Hall–Kier alpha value is -2.38. The van der Waals surface area contributed by atoms with Crippen LogP contribution in [0.25, 0.3) is 0 Å². The summed E-state index contributed by atoms with van der Waals surface area (Å²) in [4.78, 5) is 29.4. The van der Waals surface area contributed by atoms with Gasteiger partial charge in [0.2, 0.25) is 0 Å². The SMILES string of the molecule is COc1cccc(CN2CCC([C@@]3(C)NC(=O)N(Cc4ccsc4)C3=O)CC2)c1. The second-order valence-electron chi connectivity index (χ2n) is 8.06. The first-order valence-electron chi connectivity index (χ1n) is 10.00. The molecular weight excluding hydrogens is 386 g/mol. The third-order valence-corrected chi connectivity index (χ3v) is 6.90. The van der Waals surface area contributed by atoms with E-state index in [1.54, 1.807) is 18.4 Å². The number of carbonyl (C=O) groups is 2. The Labute approximate surface area is 175 Å². The van der Waals surface area contributed by atoms with E-state index >= 15 is 0 Å². The number of nitrogens with one attached hydrogen (secondary N) is 1. The molecule has 3 amide bonds. The van der Waals surface area contributed by atoms with E-state index in [2.05, 4.69) is 22.3 Å². The van der Waals surface area contributed by atoms with Crippen LogP contribution in [0.2, 0.25) is 0 Å². The van der Waals surface area contributed by atoms with Gasteiger partial charge in [-0.2, -0.15) is 11.3 Å². The van der Waals surface area contributed by atoms with Gasteiger partial charge in [-0.25, -0.2) is 4.79 Å². The average Bonchev–Trinajstić information content (AvgIpc) is 3.32. The molecule has 0 bridgehead atoms. The molecule has 1 aromatic carbocycles. The minimum atomic E-state index is -0.810. The second-order valence-corrected chi connectivity index (χ2v) is 8.84. The topological polar surface area (TPSA) is 61.9 Å². The molecule has 0 spiro atoms. The molecule has 0 unspecified atom stereocenters. The first-order chi connectivity index (χ1) is 14.0. The summed E-state index contributed by atoms with van der Waals surface area (Å²) in [6.07, 6.45) is 1.78. The highest BCUT2D eigenvalue weighted by molar-refractivity contribution is 7.07. The summed E-state index contributed by atoms with van der Waals surface area (Å²) < 4.78 is 5.31. The van der Waals surface area contributed by atoms with E-state index in [1.807, 2.05) is 35.9 Å². The van der Waals surface area contributed by atoms with Crippen molar-refractivity contribution in [1.82, 2.24) is 15.1 Å². The van der Waals surface area contributed by atoms with Gasteiger partial charge in [-0.1, -0.05) is 12.1 Å². The lowest BCUT2D eigenvalue weighted by atomic mass is 9.79. The number of ether oxygens (including phenoxy) is 1. The molecule has 6 nitrogen and oxygen atoms in total. The van der Waals surface area contributed by atoms with Crippen molar-refractivity contribution in [3.8, 4) is 5.75 Å². The van der Waals surface area contributed by atoms with Gasteiger partial charge in [0.1, 0.15) is 11.3 Å². The molecule has 2 aromatic rings. The molecule has 2 aliphatic rings. The van der Waals surface area contributed by atoms with Gasteiger partial charge in [-0.15, -0.1) is 0 Å². The maximum Gasteiger partial charge on any atom is 0.325 e. The van der Waals surface area contributed by atoms with Crippen molar-refractivity contribution < 1.29 is 14.3 Å².